The number of hydrogen-bond donors (Lipinski definition) is 2. The van der Waals surface area contributed by atoms with Crippen LogP contribution in [0.1, 0.15) is 9.67 Å². The number of rotatable bonds is 7. The van der Waals surface area contributed by atoms with Gasteiger partial charge in [-0.2, -0.15) is 0 Å². The van der Waals surface area contributed by atoms with Crippen molar-refractivity contribution in [2.75, 3.05) is 16.6 Å². The second-order valence-corrected chi connectivity index (χ2v) is 9.81. The van der Waals surface area contributed by atoms with Gasteiger partial charge in [0.15, 0.2) is 0 Å². The number of thiophene rings is 1. The third-order valence-corrected chi connectivity index (χ3v) is 7.43. The fraction of sp³-hybridized carbons (Fsp3) is 0.0588. The van der Waals surface area contributed by atoms with Crippen molar-refractivity contribution in [1.29, 1.82) is 0 Å². The van der Waals surface area contributed by atoms with Gasteiger partial charge in [0.25, 0.3) is 20.0 Å². The van der Waals surface area contributed by atoms with E-state index in [4.69, 9.17) is 0 Å². The number of aromatic nitrogens is 1. The molecule has 0 aliphatic heterocycles. The molecule has 0 bridgehead atoms. The highest BCUT2D eigenvalue weighted by molar-refractivity contribution is 7.93. The average Bonchev–Trinajstić information content (AvgIpc) is 3.19. The molecule has 0 saturated heterocycles. The van der Waals surface area contributed by atoms with Gasteiger partial charge < -0.3 is 4.74 Å². The molecule has 0 saturated carbocycles. The van der Waals surface area contributed by atoms with Gasteiger partial charge in [0.2, 0.25) is 0 Å². The van der Waals surface area contributed by atoms with Crippen LogP contribution in [-0.2, 0) is 24.8 Å². The third-order valence-electron chi connectivity index (χ3n) is 3.61. The Labute approximate surface area is 171 Å². The van der Waals surface area contributed by atoms with Crippen molar-refractivity contribution in [3.8, 4) is 0 Å². The summed E-state index contributed by atoms with van der Waals surface area (Å²) in [5.74, 6) is -0.604. The van der Waals surface area contributed by atoms with E-state index < -0.39 is 26.0 Å². The van der Waals surface area contributed by atoms with Crippen molar-refractivity contribution in [3.05, 3.63) is 65.0 Å². The number of sulfonamides is 2. The number of carbonyl (C=O) groups is 1. The molecule has 0 unspecified atom stereocenters. The standard InChI is InChI=1S/C17H15N3O6S3/c1-26-17(21)16-14(9-11-27-16)29(24,25)19-12-5-7-13(8-6-12)28(22,23)20-15-4-2-3-10-18-15/h2-11,19H,1H3,(H,18,20). The van der Waals surface area contributed by atoms with Crippen molar-refractivity contribution < 1.29 is 26.4 Å². The Bertz CT molecular complexity index is 1220. The number of pyridine rings is 1. The number of anilines is 2. The van der Waals surface area contributed by atoms with E-state index in [1.165, 1.54) is 48.0 Å². The van der Waals surface area contributed by atoms with Crippen LogP contribution in [-0.4, -0.2) is 34.9 Å². The third kappa shape index (κ3) is 4.72. The molecular weight excluding hydrogens is 438 g/mol. The first kappa shape index (κ1) is 20.8. The Morgan fingerprint density at radius 3 is 2.31 bits per heavy atom. The molecule has 0 aliphatic carbocycles. The Morgan fingerprint density at radius 1 is 0.966 bits per heavy atom. The zero-order chi connectivity index (χ0) is 21.1. The number of benzene rings is 1. The van der Waals surface area contributed by atoms with Gasteiger partial charge in [-0.25, -0.2) is 26.6 Å². The molecule has 12 heteroatoms. The Hall–Kier alpha value is -2.96. The topological polar surface area (TPSA) is 132 Å². The molecule has 29 heavy (non-hydrogen) atoms. The van der Waals surface area contributed by atoms with Crippen LogP contribution in [0.3, 0.4) is 0 Å². The van der Waals surface area contributed by atoms with Crippen LogP contribution in [0.25, 0.3) is 0 Å². The van der Waals surface area contributed by atoms with Crippen LogP contribution in [0.15, 0.2) is 69.9 Å². The molecule has 0 aliphatic rings. The van der Waals surface area contributed by atoms with Crippen molar-refractivity contribution in [2.24, 2.45) is 0 Å². The summed E-state index contributed by atoms with van der Waals surface area (Å²) < 4.78 is 59.2. The molecule has 9 nitrogen and oxygen atoms in total. The highest BCUT2D eigenvalue weighted by atomic mass is 32.2. The average molecular weight is 454 g/mol. The summed E-state index contributed by atoms with van der Waals surface area (Å²) in [6.07, 6.45) is 1.45. The van der Waals surface area contributed by atoms with E-state index in [1.54, 1.807) is 12.1 Å². The summed E-state index contributed by atoms with van der Waals surface area (Å²) in [6.45, 7) is 0. The van der Waals surface area contributed by atoms with Crippen molar-refractivity contribution in [2.45, 2.75) is 9.79 Å². The van der Waals surface area contributed by atoms with E-state index in [0.717, 1.165) is 18.4 Å². The molecule has 2 N–H and O–H groups in total. The predicted octanol–water partition coefficient (Wildman–Crippen LogP) is 2.53. The van der Waals surface area contributed by atoms with Gasteiger partial charge in [-0.15, -0.1) is 11.3 Å². The predicted molar refractivity (Wildman–Crippen MR) is 108 cm³/mol. The van der Waals surface area contributed by atoms with E-state index in [2.05, 4.69) is 19.2 Å². The summed E-state index contributed by atoms with van der Waals surface area (Å²) in [5, 5.41) is 1.46. The number of nitrogens with one attached hydrogen (secondary N) is 2. The summed E-state index contributed by atoms with van der Waals surface area (Å²) in [7, 11) is -6.80. The molecule has 1 aromatic carbocycles. The fourth-order valence-corrected chi connectivity index (χ4v) is 5.69. The van der Waals surface area contributed by atoms with Crippen molar-refractivity contribution in [1.82, 2.24) is 4.98 Å². The zero-order valence-corrected chi connectivity index (χ0v) is 17.3. The molecular formula is C17H15N3O6S3. The van der Waals surface area contributed by atoms with Crippen LogP contribution in [0.5, 0.6) is 0 Å². The summed E-state index contributed by atoms with van der Waals surface area (Å²) >= 11 is 0.939. The lowest BCUT2D eigenvalue weighted by Gasteiger charge is -2.10. The van der Waals surface area contributed by atoms with Crippen molar-refractivity contribution in [3.63, 3.8) is 0 Å². The number of ether oxygens (including phenoxy) is 1. The Balaban J connectivity index is 1.80. The van der Waals surface area contributed by atoms with E-state index in [9.17, 15) is 21.6 Å². The lowest BCUT2D eigenvalue weighted by Crippen LogP contribution is -2.16. The van der Waals surface area contributed by atoms with E-state index >= 15 is 0 Å². The lowest BCUT2D eigenvalue weighted by molar-refractivity contribution is 0.0602. The molecule has 0 spiro atoms. The summed E-state index contributed by atoms with van der Waals surface area (Å²) in [4.78, 5) is 15.3. The maximum absolute atomic E-state index is 12.6. The highest BCUT2D eigenvalue weighted by Crippen LogP contribution is 2.26. The zero-order valence-electron chi connectivity index (χ0n) is 14.9. The SMILES string of the molecule is COC(=O)c1sccc1S(=O)(=O)Nc1ccc(S(=O)(=O)Nc2ccccn2)cc1. The van der Waals surface area contributed by atoms with Crippen LogP contribution >= 0.6 is 11.3 Å². The van der Waals surface area contributed by atoms with Crippen LogP contribution < -0.4 is 9.44 Å². The molecule has 0 atom stereocenters. The molecule has 0 fully saturated rings. The Kier molecular flexibility index (Phi) is 5.86. The first-order chi connectivity index (χ1) is 13.7. The van der Waals surface area contributed by atoms with Gasteiger partial charge in [-0.1, -0.05) is 6.07 Å². The fourth-order valence-electron chi connectivity index (χ4n) is 2.28. The second kappa shape index (κ2) is 8.19. The first-order valence-corrected chi connectivity index (χ1v) is 11.8. The number of methoxy groups -OCH3 is 1. The van der Waals surface area contributed by atoms with Gasteiger partial charge in [0.1, 0.15) is 15.6 Å². The van der Waals surface area contributed by atoms with E-state index in [0.29, 0.717) is 0 Å². The second-order valence-electron chi connectivity index (χ2n) is 5.56. The van der Waals surface area contributed by atoms with E-state index in [-0.39, 0.29) is 26.2 Å². The number of carbonyl (C=O) groups excluding carboxylic acids is 1. The minimum atomic E-state index is -4.07. The molecule has 3 aromatic rings. The van der Waals surface area contributed by atoms with Crippen molar-refractivity contribution >= 4 is 48.9 Å². The van der Waals surface area contributed by atoms with Crippen LogP contribution in [0.4, 0.5) is 11.5 Å². The van der Waals surface area contributed by atoms with E-state index in [1.807, 2.05) is 0 Å². The first-order valence-electron chi connectivity index (χ1n) is 7.95. The van der Waals surface area contributed by atoms with Gasteiger partial charge in [0, 0.05) is 11.9 Å². The number of hydrogen-bond acceptors (Lipinski definition) is 8. The van der Waals surface area contributed by atoms with Gasteiger partial charge >= 0.3 is 5.97 Å². The maximum Gasteiger partial charge on any atom is 0.349 e. The maximum atomic E-state index is 12.6. The largest absolute Gasteiger partial charge is 0.465 e. The number of esters is 1. The lowest BCUT2D eigenvalue weighted by atomic mass is 10.3. The molecule has 152 valence electrons. The molecule has 2 aromatic heterocycles. The van der Waals surface area contributed by atoms with Crippen LogP contribution in [0.2, 0.25) is 0 Å². The smallest absolute Gasteiger partial charge is 0.349 e. The molecule has 3 rings (SSSR count). The monoisotopic (exact) mass is 453 g/mol. The van der Waals surface area contributed by atoms with Gasteiger partial charge in [-0.3, -0.25) is 9.44 Å². The normalized spacial score (nSPS) is 11.6. The van der Waals surface area contributed by atoms with Gasteiger partial charge in [0.05, 0.1) is 12.0 Å². The minimum Gasteiger partial charge on any atom is -0.465 e. The highest BCUT2D eigenvalue weighted by Gasteiger charge is 2.25. The number of nitrogens with zero attached hydrogens (tertiary/aromatic N) is 1. The molecule has 0 radical (unpaired) electrons. The van der Waals surface area contributed by atoms with Gasteiger partial charge in [-0.05, 0) is 47.8 Å². The molecule has 0 amide bonds. The summed E-state index contributed by atoms with van der Waals surface area (Å²) in [5.41, 5.74) is 0.129. The quantitative estimate of drug-likeness (QED) is 0.526. The van der Waals surface area contributed by atoms with Crippen LogP contribution in [0, 0.1) is 0 Å². The Morgan fingerprint density at radius 2 is 1.69 bits per heavy atom. The molecule has 2 heterocycles. The minimum absolute atomic E-state index is 0.0567. The summed E-state index contributed by atoms with van der Waals surface area (Å²) in [6, 6.07) is 11.2.